The van der Waals surface area contributed by atoms with E-state index in [2.05, 4.69) is 5.32 Å². The van der Waals surface area contributed by atoms with Crippen molar-refractivity contribution in [3.8, 4) is 0 Å². The summed E-state index contributed by atoms with van der Waals surface area (Å²) in [6.07, 6.45) is 0.890. The van der Waals surface area contributed by atoms with E-state index in [1.54, 1.807) is 0 Å². The van der Waals surface area contributed by atoms with E-state index in [1.165, 1.54) is 19.2 Å². The number of nitrogens with zero attached hydrogens (tertiary/aromatic N) is 1. The molecule has 0 saturated heterocycles. The maximum atomic E-state index is 11.4. The van der Waals surface area contributed by atoms with E-state index in [1.807, 2.05) is 6.92 Å². The predicted octanol–water partition coefficient (Wildman–Crippen LogP) is 1.45. The Balaban J connectivity index is 3.09. The molecular formula is C11H16N2O5S. The van der Waals surface area contributed by atoms with Crippen molar-refractivity contribution in [3.63, 3.8) is 0 Å². The summed E-state index contributed by atoms with van der Waals surface area (Å²) >= 11 is 0. The van der Waals surface area contributed by atoms with Gasteiger partial charge in [-0.15, -0.1) is 0 Å². The first-order valence-corrected chi connectivity index (χ1v) is 7.40. The molecule has 1 aromatic carbocycles. The molecule has 0 saturated carbocycles. The molecule has 1 N–H and O–H groups in total. The summed E-state index contributed by atoms with van der Waals surface area (Å²) in [5, 5.41) is 13.8. The van der Waals surface area contributed by atoms with Crippen LogP contribution >= 0.6 is 0 Å². The molecule has 0 spiro atoms. The SMILES string of the molecule is COC(C)CNc1ccc(S(C)(=O)=O)cc1[N+](=O)[O-]. The maximum Gasteiger partial charge on any atom is 0.293 e. The number of methoxy groups -OCH3 is 1. The molecule has 8 heteroatoms. The number of nitro groups is 1. The Bertz CT molecular complexity index is 570. The van der Waals surface area contributed by atoms with Crippen molar-refractivity contribution in [2.75, 3.05) is 25.2 Å². The van der Waals surface area contributed by atoms with Gasteiger partial charge in [-0.25, -0.2) is 8.42 Å². The number of hydrogen-bond acceptors (Lipinski definition) is 6. The van der Waals surface area contributed by atoms with Crippen molar-refractivity contribution >= 4 is 21.2 Å². The number of nitro benzene ring substituents is 1. The van der Waals surface area contributed by atoms with Gasteiger partial charge in [0, 0.05) is 26.0 Å². The highest BCUT2D eigenvalue weighted by Crippen LogP contribution is 2.27. The second-order valence-electron chi connectivity index (χ2n) is 4.14. The van der Waals surface area contributed by atoms with Crippen LogP contribution in [-0.4, -0.2) is 39.4 Å². The van der Waals surface area contributed by atoms with E-state index in [9.17, 15) is 18.5 Å². The quantitative estimate of drug-likeness (QED) is 0.628. The zero-order chi connectivity index (χ0) is 14.6. The van der Waals surface area contributed by atoms with Crippen LogP contribution in [0.25, 0.3) is 0 Å². The summed E-state index contributed by atoms with van der Waals surface area (Å²) in [5.41, 5.74) is -0.00692. The molecule has 1 atom stereocenters. The van der Waals surface area contributed by atoms with Gasteiger partial charge in [0.05, 0.1) is 15.9 Å². The van der Waals surface area contributed by atoms with Crippen molar-refractivity contribution < 1.29 is 18.1 Å². The van der Waals surface area contributed by atoms with Crippen LogP contribution in [0.15, 0.2) is 23.1 Å². The van der Waals surface area contributed by atoms with Crippen molar-refractivity contribution in [2.45, 2.75) is 17.9 Å². The van der Waals surface area contributed by atoms with Gasteiger partial charge in [0.1, 0.15) is 5.69 Å². The molecule has 7 nitrogen and oxygen atoms in total. The van der Waals surface area contributed by atoms with Gasteiger partial charge >= 0.3 is 0 Å². The van der Waals surface area contributed by atoms with Gasteiger partial charge in [-0.05, 0) is 19.1 Å². The molecule has 19 heavy (non-hydrogen) atoms. The number of nitrogens with one attached hydrogen (secondary N) is 1. The topological polar surface area (TPSA) is 98.5 Å². The second-order valence-corrected chi connectivity index (χ2v) is 6.15. The third-order valence-electron chi connectivity index (χ3n) is 2.58. The average molecular weight is 288 g/mol. The van der Waals surface area contributed by atoms with Crippen molar-refractivity contribution in [1.82, 2.24) is 0 Å². The van der Waals surface area contributed by atoms with E-state index in [-0.39, 0.29) is 22.4 Å². The summed E-state index contributed by atoms with van der Waals surface area (Å²) in [6, 6.07) is 3.77. The van der Waals surface area contributed by atoms with Crippen molar-refractivity contribution in [2.24, 2.45) is 0 Å². The zero-order valence-electron chi connectivity index (χ0n) is 10.9. The number of benzene rings is 1. The number of hydrogen-bond donors (Lipinski definition) is 1. The standard InChI is InChI=1S/C11H16N2O5S/c1-8(18-2)7-12-10-5-4-9(19(3,16)17)6-11(10)13(14)15/h4-6,8,12H,7H2,1-3H3. The number of anilines is 1. The Hall–Kier alpha value is -1.67. The molecule has 0 bridgehead atoms. The van der Waals surface area contributed by atoms with Crippen molar-refractivity contribution in [1.29, 1.82) is 0 Å². The fourth-order valence-corrected chi connectivity index (χ4v) is 2.02. The normalized spacial score (nSPS) is 13.0. The van der Waals surface area contributed by atoms with Gasteiger partial charge in [0.15, 0.2) is 9.84 Å². The fourth-order valence-electron chi connectivity index (χ4n) is 1.38. The van der Waals surface area contributed by atoms with Crippen LogP contribution < -0.4 is 5.32 Å². The van der Waals surface area contributed by atoms with Gasteiger partial charge in [0.2, 0.25) is 0 Å². The molecule has 0 heterocycles. The molecule has 0 aliphatic carbocycles. The molecule has 1 unspecified atom stereocenters. The third kappa shape index (κ3) is 4.18. The lowest BCUT2D eigenvalue weighted by Crippen LogP contribution is -2.18. The first-order chi connectivity index (χ1) is 8.75. The van der Waals surface area contributed by atoms with Crippen LogP contribution in [-0.2, 0) is 14.6 Å². The van der Waals surface area contributed by atoms with Crippen LogP contribution in [0.5, 0.6) is 0 Å². The fraction of sp³-hybridized carbons (Fsp3) is 0.455. The summed E-state index contributed by atoms with van der Waals surface area (Å²) < 4.78 is 27.8. The Morgan fingerprint density at radius 2 is 2.11 bits per heavy atom. The molecule has 0 aromatic heterocycles. The van der Waals surface area contributed by atoms with Crippen LogP contribution in [0, 0.1) is 10.1 Å². The molecule has 0 amide bonds. The highest BCUT2D eigenvalue weighted by Gasteiger charge is 2.18. The zero-order valence-corrected chi connectivity index (χ0v) is 11.7. The molecule has 0 fully saturated rings. The van der Waals surface area contributed by atoms with Crippen molar-refractivity contribution in [3.05, 3.63) is 28.3 Å². The summed E-state index contributed by atoms with van der Waals surface area (Å²) in [4.78, 5) is 10.3. The lowest BCUT2D eigenvalue weighted by atomic mass is 10.2. The van der Waals surface area contributed by atoms with E-state index < -0.39 is 14.8 Å². The second kappa shape index (κ2) is 5.98. The molecule has 1 aromatic rings. The van der Waals surface area contributed by atoms with Crippen LogP contribution in [0.4, 0.5) is 11.4 Å². The van der Waals surface area contributed by atoms with Gasteiger partial charge < -0.3 is 10.1 Å². The lowest BCUT2D eigenvalue weighted by Gasteiger charge is -2.12. The van der Waals surface area contributed by atoms with Gasteiger partial charge in [0.25, 0.3) is 5.69 Å². The smallest absolute Gasteiger partial charge is 0.293 e. The highest BCUT2D eigenvalue weighted by atomic mass is 32.2. The minimum atomic E-state index is -3.47. The van der Waals surface area contributed by atoms with E-state index in [4.69, 9.17) is 4.74 Å². The van der Waals surface area contributed by atoms with Crippen LogP contribution in [0.1, 0.15) is 6.92 Å². The predicted molar refractivity (Wildman–Crippen MR) is 71.2 cm³/mol. The Kier molecular flexibility index (Phi) is 4.84. The summed E-state index contributed by atoms with van der Waals surface area (Å²) in [5.74, 6) is 0. The third-order valence-corrected chi connectivity index (χ3v) is 3.69. The first kappa shape index (κ1) is 15.4. The number of ether oxygens (including phenoxy) is 1. The summed E-state index contributed by atoms with van der Waals surface area (Å²) in [7, 11) is -1.93. The van der Waals surface area contributed by atoms with Gasteiger partial charge in [-0.1, -0.05) is 0 Å². The Morgan fingerprint density at radius 3 is 2.58 bits per heavy atom. The van der Waals surface area contributed by atoms with E-state index >= 15 is 0 Å². The molecule has 0 aliphatic rings. The Labute approximate surface area is 111 Å². The highest BCUT2D eigenvalue weighted by molar-refractivity contribution is 7.90. The molecule has 106 valence electrons. The van der Waals surface area contributed by atoms with E-state index in [0.717, 1.165) is 12.3 Å². The number of sulfone groups is 1. The minimum Gasteiger partial charge on any atom is -0.380 e. The maximum absolute atomic E-state index is 11.4. The Morgan fingerprint density at radius 1 is 1.47 bits per heavy atom. The summed E-state index contributed by atoms with van der Waals surface area (Å²) in [6.45, 7) is 2.19. The largest absolute Gasteiger partial charge is 0.380 e. The number of rotatable bonds is 6. The monoisotopic (exact) mass is 288 g/mol. The minimum absolute atomic E-state index is 0.0791. The van der Waals surface area contributed by atoms with Gasteiger partial charge in [-0.2, -0.15) is 0 Å². The molecule has 1 rings (SSSR count). The molecule has 0 aliphatic heterocycles. The van der Waals surface area contributed by atoms with Crippen LogP contribution in [0.3, 0.4) is 0 Å². The van der Waals surface area contributed by atoms with Gasteiger partial charge in [-0.3, -0.25) is 10.1 Å². The molecule has 0 radical (unpaired) electrons. The van der Waals surface area contributed by atoms with Crippen LogP contribution in [0.2, 0.25) is 0 Å². The average Bonchev–Trinajstić information content (AvgIpc) is 2.34. The first-order valence-electron chi connectivity index (χ1n) is 5.51. The molecular weight excluding hydrogens is 272 g/mol. The van der Waals surface area contributed by atoms with E-state index in [0.29, 0.717) is 6.54 Å². The lowest BCUT2D eigenvalue weighted by molar-refractivity contribution is -0.384.